The molecule has 0 aromatic carbocycles. The van der Waals surface area contributed by atoms with Gasteiger partial charge in [-0.3, -0.25) is 4.79 Å². The second kappa shape index (κ2) is 6.11. The van der Waals surface area contributed by atoms with Crippen LogP contribution in [0.1, 0.15) is 58.7 Å². The minimum absolute atomic E-state index is 0.300. The molecule has 3 nitrogen and oxygen atoms in total. The first-order valence-electron chi connectivity index (χ1n) is 7.86. The van der Waals surface area contributed by atoms with Crippen LogP contribution in [-0.2, 0) is 18.3 Å². The van der Waals surface area contributed by atoms with Gasteiger partial charge in [-0.25, -0.2) is 4.98 Å². The lowest BCUT2D eigenvalue weighted by atomic mass is 9.78. The SMILES string of the molecule is Cn1ccnc1CCC(=O)C1CCCC1CC(C)(C)C. The fourth-order valence-corrected chi connectivity index (χ4v) is 3.55. The van der Waals surface area contributed by atoms with Gasteiger partial charge in [-0.2, -0.15) is 0 Å². The summed E-state index contributed by atoms with van der Waals surface area (Å²) in [5, 5.41) is 0. The Kier molecular flexibility index (Phi) is 4.66. The summed E-state index contributed by atoms with van der Waals surface area (Å²) < 4.78 is 2.01. The summed E-state index contributed by atoms with van der Waals surface area (Å²) in [6.07, 6.45) is 9.90. The number of hydrogen-bond acceptors (Lipinski definition) is 2. The van der Waals surface area contributed by atoms with Crippen LogP contribution in [0.3, 0.4) is 0 Å². The van der Waals surface area contributed by atoms with E-state index in [9.17, 15) is 4.79 Å². The number of rotatable bonds is 5. The van der Waals surface area contributed by atoms with Crippen LogP contribution >= 0.6 is 0 Å². The van der Waals surface area contributed by atoms with E-state index in [0.29, 0.717) is 29.5 Å². The molecular weight excluding hydrogens is 248 g/mol. The van der Waals surface area contributed by atoms with Gasteiger partial charge in [0.2, 0.25) is 0 Å². The van der Waals surface area contributed by atoms with Gasteiger partial charge in [0.05, 0.1) is 0 Å². The third kappa shape index (κ3) is 3.94. The molecule has 1 heterocycles. The predicted molar refractivity (Wildman–Crippen MR) is 81.4 cm³/mol. The van der Waals surface area contributed by atoms with Crippen molar-refractivity contribution in [2.75, 3.05) is 0 Å². The van der Waals surface area contributed by atoms with Gasteiger partial charge in [-0.1, -0.05) is 27.2 Å². The normalized spacial score (nSPS) is 23.2. The highest BCUT2D eigenvalue weighted by molar-refractivity contribution is 5.81. The fraction of sp³-hybridized carbons (Fsp3) is 0.765. The van der Waals surface area contributed by atoms with Gasteiger partial charge in [-0.15, -0.1) is 0 Å². The maximum absolute atomic E-state index is 12.5. The molecule has 3 heteroatoms. The summed E-state index contributed by atoms with van der Waals surface area (Å²) in [5.74, 6) is 2.38. The Labute approximate surface area is 122 Å². The minimum Gasteiger partial charge on any atom is -0.338 e. The Morgan fingerprint density at radius 1 is 1.40 bits per heavy atom. The van der Waals surface area contributed by atoms with Crippen molar-refractivity contribution in [2.45, 2.75) is 59.3 Å². The van der Waals surface area contributed by atoms with Gasteiger partial charge in [0, 0.05) is 38.2 Å². The monoisotopic (exact) mass is 276 g/mol. The Morgan fingerprint density at radius 2 is 2.15 bits per heavy atom. The predicted octanol–water partition coefficient (Wildman–Crippen LogP) is 3.77. The van der Waals surface area contributed by atoms with Crippen LogP contribution in [-0.4, -0.2) is 15.3 Å². The van der Waals surface area contributed by atoms with Crippen molar-refractivity contribution in [3.63, 3.8) is 0 Å². The van der Waals surface area contributed by atoms with Crippen LogP contribution in [0, 0.1) is 17.3 Å². The Morgan fingerprint density at radius 3 is 2.75 bits per heavy atom. The lowest BCUT2D eigenvalue weighted by Gasteiger charge is -2.26. The van der Waals surface area contributed by atoms with Crippen LogP contribution in [0.5, 0.6) is 0 Å². The standard InChI is InChI=1S/C17H28N2O/c1-17(2,3)12-13-6-5-7-14(13)15(20)8-9-16-18-10-11-19(16)4/h10-11,13-14H,5-9,12H2,1-4H3. The molecule has 20 heavy (non-hydrogen) atoms. The van der Waals surface area contributed by atoms with Crippen molar-refractivity contribution in [2.24, 2.45) is 24.3 Å². The summed E-state index contributed by atoms with van der Waals surface area (Å²) in [4.78, 5) is 16.8. The largest absolute Gasteiger partial charge is 0.338 e. The van der Waals surface area contributed by atoms with Crippen LogP contribution in [0.25, 0.3) is 0 Å². The Bertz CT molecular complexity index is 456. The van der Waals surface area contributed by atoms with Gasteiger partial charge < -0.3 is 4.57 Å². The molecule has 0 aliphatic heterocycles. The first-order valence-corrected chi connectivity index (χ1v) is 7.86. The smallest absolute Gasteiger partial charge is 0.136 e. The summed E-state index contributed by atoms with van der Waals surface area (Å²) in [6.45, 7) is 6.84. The highest BCUT2D eigenvalue weighted by Gasteiger charge is 2.34. The highest BCUT2D eigenvalue weighted by Crippen LogP contribution is 2.40. The molecule has 0 saturated heterocycles. The van der Waals surface area contributed by atoms with Crippen LogP contribution in [0.2, 0.25) is 0 Å². The molecule has 0 radical (unpaired) electrons. The average Bonchev–Trinajstić information content (AvgIpc) is 2.93. The third-order valence-corrected chi connectivity index (χ3v) is 4.46. The molecule has 1 aliphatic carbocycles. The molecule has 1 aromatic heterocycles. The summed E-state index contributed by atoms with van der Waals surface area (Å²) >= 11 is 0. The second-order valence-corrected chi connectivity index (χ2v) is 7.48. The molecule has 2 rings (SSSR count). The zero-order chi connectivity index (χ0) is 14.8. The van der Waals surface area contributed by atoms with Crippen molar-refractivity contribution in [1.82, 2.24) is 9.55 Å². The van der Waals surface area contributed by atoms with E-state index in [0.717, 1.165) is 18.7 Å². The summed E-state index contributed by atoms with van der Waals surface area (Å²) in [5.41, 5.74) is 0.327. The molecule has 0 bridgehead atoms. The zero-order valence-electron chi connectivity index (χ0n) is 13.4. The van der Waals surface area contributed by atoms with E-state index in [2.05, 4.69) is 25.8 Å². The molecule has 0 N–H and O–H groups in total. The number of Topliss-reactive ketones (excluding diaryl/α,β-unsaturated/α-hetero) is 1. The molecular formula is C17H28N2O. The third-order valence-electron chi connectivity index (χ3n) is 4.46. The molecule has 0 spiro atoms. The number of imidazole rings is 1. The molecule has 1 aromatic rings. The summed E-state index contributed by atoms with van der Waals surface area (Å²) in [6, 6.07) is 0. The van der Waals surface area contributed by atoms with Crippen LogP contribution in [0.4, 0.5) is 0 Å². The minimum atomic E-state index is 0.300. The van der Waals surface area contributed by atoms with Crippen molar-refractivity contribution >= 4 is 5.78 Å². The second-order valence-electron chi connectivity index (χ2n) is 7.48. The van der Waals surface area contributed by atoms with Gasteiger partial charge in [0.15, 0.2) is 0 Å². The first kappa shape index (κ1) is 15.3. The fourth-order valence-electron chi connectivity index (χ4n) is 3.55. The molecule has 2 unspecified atom stereocenters. The van der Waals surface area contributed by atoms with E-state index in [1.165, 1.54) is 19.3 Å². The number of hydrogen-bond donors (Lipinski definition) is 0. The van der Waals surface area contributed by atoms with Gasteiger partial charge in [-0.05, 0) is 30.6 Å². The van der Waals surface area contributed by atoms with Crippen molar-refractivity contribution < 1.29 is 4.79 Å². The maximum Gasteiger partial charge on any atom is 0.136 e. The highest BCUT2D eigenvalue weighted by atomic mass is 16.1. The number of ketones is 1. The topological polar surface area (TPSA) is 34.9 Å². The van der Waals surface area contributed by atoms with Gasteiger partial charge >= 0.3 is 0 Å². The van der Waals surface area contributed by atoms with E-state index >= 15 is 0 Å². The van der Waals surface area contributed by atoms with Gasteiger partial charge in [0.1, 0.15) is 11.6 Å². The zero-order valence-corrected chi connectivity index (χ0v) is 13.4. The van der Waals surface area contributed by atoms with Crippen LogP contribution in [0.15, 0.2) is 12.4 Å². The molecule has 0 amide bonds. The number of aromatic nitrogens is 2. The Balaban J connectivity index is 1.89. The van der Waals surface area contributed by atoms with Crippen molar-refractivity contribution in [3.05, 3.63) is 18.2 Å². The van der Waals surface area contributed by atoms with E-state index in [1.54, 1.807) is 6.20 Å². The summed E-state index contributed by atoms with van der Waals surface area (Å²) in [7, 11) is 1.99. The Hall–Kier alpha value is -1.12. The molecule has 2 atom stereocenters. The number of carbonyl (C=O) groups is 1. The first-order chi connectivity index (χ1) is 9.37. The maximum atomic E-state index is 12.5. The molecule has 1 fully saturated rings. The van der Waals surface area contributed by atoms with E-state index in [4.69, 9.17) is 0 Å². The molecule has 112 valence electrons. The quantitative estimate of drug-likeness (QED) is 0.820. The lowest BCUT2D eigenvalue weighted by molar-refractivity contribution is -0.124. The number of aryl methyl sites for hydroxylation is 2. The van der Waals surface area contributed by atoms with Gasteiger partial charge in [0.25, 0.3) is 0 Å². The van der Waals surface area contributed by atoms with E-state index < -0.39 is 0 Å². The van der Waals surface area contributed by atoms with Crippen LogP contribution < -0.4 is 0 Å². The number of carbonyl (C=O) groups excluding carboxylic acids is 1. The molecule has 1 aliphatic rings. The van der Waals surface area contributed by atoms with Crippen molar-refractivity contribution in [3.8, 4) is 0 Å². The average molecular weight is 276 g/mol. The lowest BCUT2D eigenvalue weighted by Crippen LogP contribution is -2.23. The van der Waals surface area contributed by atoms with E-state index in [1.807, 2.05) is 17.8 Å². The van der Waals surface area contributed by atoms with Crippen molar-refractivity contribution in [1.29, 1.82) is 0 Å². The molecule has 1 saturated carbocycles. The van der Waals surface area contributed by atoms with E-state index in [-0.39, 0.29) is 0 Å². The number of nitrogens with zero attached hydrogens (tertiary/aromatic N) is 2.